The molecule has 0 saturated heterocycles. The minimum absolute atomic E-state index is 0.0898. The summed E-state index contributed by atoms with van der Waals surface area (Å²) in [6.45, 7) is 6.91. The van der Waals surface area contributed by atoms with E-state index in [2.05, 4.69) is 29.0 Å². The van der Waals surface area contributed by atoms with Gasteiger partial charge in [-0.2, -0.15) is 0 Å². The Bertz CT molecular complexity index is 1090. The van der Waals surface area contributed by atoms with E-state index in [-0.39, 0.29) is 11.3 Å². The summed E-state index contributed by atoms with van der Waals surface area (Å²) in [5, 5.41) is 13.8. The number of hydrogen-bond acceptors (Lipinski definition) is 8. The fourth-order valence-corrected chi connectivity index (χ4v) is 3.80. The van der Waals surface area contributed by atoms with Gasteiger partial charge in [-0.3, -0.25) is 20.2 Å². The number of aromatic nitrogens is 1. The molecule has 0 saturated carbocycles. The van der Waals surface area contributed by atoms with E-state index in [9.17, 15) is 19.7 Å². The van der Waals surface area contributed by atoms with Crippen LogP contribution in [0.5, 0.6) is 0 Å². The van der Waals surface area contributed by atoms with Crippen LogP contribution >= 0.6 is 11.3 Å². The van der Waals surface area contributed by atoms with E-state index in [1.807, 2.05) is 0 Å². The topological polar surface area (TPSA) is 115 Å². The molecule has 0 spiro atoms. The Morgan fingerprint density at radius 3 is 2.45 bits per heavy atom. The number of nitro benzene ring substituents is 1. The lowest BCUT2D eigenvalue weighted by Gasteiger charge is -2.17. The molecule has 10 heteroatoms. The number of benzene rings is 2. The molecule has 0 fully saturated rings. The van der Waals surface area contributed by atoms with Crippen LogP contribution < -0.4 is 5.32 Å². The van der Waals surface area contributed by atoms with Crippen LogP contribution in [0.25, 0.3) is 10.2 Å². The first-order valence-electron chi connectivity index (χ1n) is 9.77. The van der Waals surface area contributed by atoms with E-state index in [1.54, 1.807) is 18.2 Å². The number of non-ortho nitro benzene ring substituents is 1. The molecular weight excluding hydrogens is 420 g/mol. The smallest absolute Gasteiger partial charge is 0.338 e. The van der Waals surface area contributed by atoms with Gasteiger partial charge < -0.3 is 9.64 Å². The second-order valence-electron chi connectivity index (χ2n) is 6.62. The summed E-state index contributed by atoms with van der Waals surface area (Å²) in [4.78, 5) is 41.4. The molecule has 3 rings (SSSR count). The van der Waals surface area contributed by atoms with E-state index < -0.39 is 16.8 Å². The number of rotatable bonds is 9. The van der Waals surface area contributed by atoms with Crippen molar-refractivity contribution >= 4 is 44.2 Å². The lowest BCUT2D eigenvalue weighted by Crippen LogP contribution is -2.27. The van der Waals surface area contributed by atoms with E-state index >= 15 is 0 Å². The number of nitrogens with zero attached hydrogens (tertiary/aromatic N) is 3. The van der Waals surface area contributed by atoms with Crippen LogP contribution in [0.3, 0.4) is 0 Å². The molecule has 2 aromatic carbocycles. The summed E-state index contributed by atoms with van der Waals surface area (Å²) in [6, 6.07) is 10.3. The minimum Gasteiger partial charge on any atom is -0.461 e. The average molecular weight is 442 g/mol. The van der Waals surface area contributed by atoms with E-state index in [0.29, 0.717) is 29.4 Å². The van der Waals surface area contributed by atoms with Crippen LogP contribution in [-0.2, 0) is 4.74 Å². The van der Waals surface area contributed by atoms with Crippen LogP contribution in [-0.4, -0.2) is 52.9 Å². The number of hydrogen-bond donors (Lipinski definition) is 1. The number of fused-ring (bicyclic) bond motifs is 1. The molecule has 1 N–H and O–H groups in total. The summed E-state index contributed by atoms with van der Waals surface area (Å²) >= 11 is 1.23. The van der Waals surface area contributed by atoms with E-state index in [4.69, 9.17) is 4.74 Å². The third-order valence-electron chi connectivity index (χ3n) is 4.72. The highest BCUT2D eigenvalue weighted by Crippen LogP contribution is 2.27. The Labute approximate surface area is 182 Å². The number of carbonyl (C=O) groups is 2. The molecule has 162 valence electrons. The molecule has 0 atom stereocenters. The summed E-state index contributed by atoms with van der Waals surface area (Å²) in [6.07, 6.45) is 0. The normalized spacial score (nSPS) is 10.9. The first kappa shape index (κ1) is 22.3. The fourth-order valence-electron chi connectivity index (χ4n) is 2.90. The summed E-state index contributed by atoms with van der Waals surface area (Å²) < 4.78 is 6.09. The number of nitrogens with one attached hydrogen (secondary N) is 1. The van der Waals surface area contributed by atoms with Crippen molar-refractivity contribution in [3.05, 3.63) is 63.7 Å². The van der Waals surface area contributed by atoms with Crippen LogP contribution in [0, 0.1) is 10.1 Å². The summed E-state index contributed by atoms with van der Waals surface area (Å²) in [5.74, 6) is -0.830. The zero-order valence-corrected chi connectivity index (χ0v) is 18.0. The van der Waals surface area contributed by atoms with Gasteiger partial charge in [-0.1, -0.05) is 25.2 Å². The molecule has 0 radical (unpaired) electrons. The van der Waals surface area contributed by atoms with Gasteiger partial charge in [0.05, 0.1) is 20.7 Å². The largest absolute Gasteiger partial charge is 0.461 e. The standard InChI is InChI=1S/C21H22N4O5S/c1-3-24(4-2)11-12-30-20(27)15-7-10-17-18(13-15)31-21(22-17)23-19(26)14-5-8-16(9-6-14)25(28)29/h5-10,13H,3-4,11-12H2,1-2H3,(H,22,23,26). The minimum atomic E-state index is -0.526. The quantitative estimate of drug-likeness (QED) is 0.303. The Kier molecular flexibility index (Phi) is 7.27. The first-order valence-corrected chi connectivity index (χ1v) is 10.6. The summed E-state index contributed by atoms with van der Waals surface area (Å²) in [5.41, 5.74) is 1.25. The third-order valence-corrected chi connectivity index (χ3v) is 5.65. The molecular formula is C21H22N4O5S. The number of likely N-dealkylation sites (N-methyl/N-ethyl adjacent to an activating group) is 1. The number of nitro groups is 1. The second-order valence-corrected chi connectivity index (χ2v) is 7.65. The lowest BCUT2D eigenvalue weighted by molar-refractivity contribution is -0.384. The van der Waals surface area contributed by atoms with E-state index in [1.165, 1.54) is 35.6 Å². The van der Waals surface area contributed by atoms with Crippen molar-refractivity contribution in [1.82, 2.24) is 9.88 Å². The summed E-state index contributed by atoms with van der Waals surface area (Å²) in [7, 11) is 0. The molecule has 9 nitrogen and oxygen atoms in total. The van der Waals surface area contributed by atoms with Gasteiger partial charge in [0.1, 0.15) is 6.61 Å². The molecule has 1 aromatic heterocycles. The van der Waals surface area contributed by atoms with Crippen LogP contribution in [0.1, 0.15) is 34.6 Å². The Balaban J connectivity index is 1.65. The SMILES string of the molecule is CCN(CC)CCOC(=O)c1ccc2nc(NC(=O)c3ccc([N+](=O)[O-])cc3)sc2c1. The highest BCUT2D eigenvalue weighted by molar-refractivity contribution is 7.22. The molecule has 0 aliphatic heterocycles. The number of thiazole rings is 1. The van der Waals surface area contributed by atoms with Crippen molar-refractivity contribution < 1.29 is 19.2 Å². The molecule has 0 aliphatic rings. The average Bonchev–Trinajstić information content (AvgIpc) is 3.18. The maximum Gasteiger partial charge on any atom is 0.338 e. The predicted molar refractivity (Wildman–Crippen MR) is 119 cm³/mol. The number of amides is 1. The zero-order chi connectivity index (χ0) is 22.4. The first-order chi connectivity index (χ1) is 14.9. The van der Waals surface area contributed by atoms with Crippen molar-refractivity contribution in [2.45, 2.75) is 13.8 Å². The third kappa shape index (κ3) is 5.62. The highest BCUT2D eigenvalue weighted by Gasteiger charge is 2.14. The van der Waals surface area contributed by atoms with E-state index in [0.717, 1.165) is 17.8 Å². The van der Waals surface area contributed by atoms with Gasteiger partial charge in [-0.25, -0.2) is 9.78 Å². The predicted octanol–water partition coefficient (Wildman–Crippen LogP) is 3.96. The maximum absolute atomic E-state index is 12.4. The van der Waals surface area contributed by atoms with Gasteiger partial charge in [0.25, 0.3) is 11.6 Å². The van der Waals surface area contributed by atoms with Crippen molar-refractivity contribution in [3.63, 3.8) is 0 Å². The second kappa shape index (κ2) is 10.1. The highest BCUT2D eigenvalue weighted by atomic mass is 32.1. The lowest BCUT2D eigenvalue weighted by atomic mass is 10.2. The number of anilines is 1. The van der Waals surface area contributed by atoms with Gasteiger partial charge in [0, 0.05) is 24.2 Å². The number of esters is 1. The van der Waals surface area contributed by atoms with Gasteiger partial charge >= 0.3 is 5.97 Å². The molecule has 0 unspecified atom stereocenters. The van der Waals surface area contributed by atoms with Crippen LogP contribution in [0.15, 0.2) is 42.5 Å². The number of carbonyl (C=O) groups excluding carboxylic acids is 2. The molecule has 3 aromatic rings. The van der Waals surface area contributed by atoms with Crippen molar-refractivity contribution in [1.29, 1.82) is 0 Å². The van der Waals surface area contributed by atoms with Crippen molar-refractivity contribution in [3.8, 4) is 0 Å². The Morgan fingerprint density at radius 1 is 1.13 bits per heavy atom. The molecule has 0 aliphatic carbocycles. The van der Waals surface area contributed by atoms with Gasteiger partial charge in [0.15, 0.2) is 5.13 Å². The maximum atomic E-state index is 12.4. The van der Waals surface area contributed by atoms with Crippen molar-refractivity contribution in [2.24, 2.45) is 0 Å². The van der Waals surface area contributed by atoms with Gasteiger partial charge in [-0.15, -0.1) is 0 Å². The fraction of sp³-hybridized carbons (Fsp3) is 0.286. The Hall–Kier alpha value is -3.37. The van der Waals surface area contributed by atoms with Gasteiger partial charge in [-0.05, 0) is 43.4 Å². The van der Waals surface area contributed by atoms with Crippen molar-refractivity contribution in [2.75, 3.05) is 31.6 Å². The van der Waals surface area contributed by atoms with Gasteiger partial charge in [0.2, 0.25) is 0 Å². The van der Waals surface area contributed by atoms with Crippen LogP contribution in [0.2, 0.25) is 0 Å². The number of ether oxygens (including phenoxy) is 1. The molecule has 31 heavy (non-hydrogen) atoms. The van der Waals surface area contributed by atoms with Crippen LogP contribution in [0.4, 0.5) is 10.8 Å². The zero-order valence-electron chi connectivity index (χ0n) is 17.2. The monoisotopic (exact) mass is 442 g/mol. The Morgan fingerprint density at radius 2 is 1.81 bits per heavy atom. The molecule has 0 bridgehead atoms. The molecule has 1 heterocycles. The molecule has 1 amide bonds.